The van der Waals surface area contributed by atoms with Crippen LogP contribution in [0.2, 0.25) is 0 Å². The summed E-state index contributed by atoms with van der Waals surface area (Å²) in [7, 11) is 0. The van der Waals surface area contributed by atoms with Gasteiger partial charge in [-0.15, -0.1) is 0 Å². The summed E-state index contributed by atoms with van der Waals surface area (Å²) >= 11 is 0. The third-order valence-electron chi connectivity index (χ3n) is 3.51. The maximum atomic E-state index is 11.3. The third kappa shape index (κ3) is 5.40. The first kappa shape index (κ1) is 15.3. The summed E-state index contributed by atoms with van der Waals surface area (Å²) in [5.41, 5.74) is 2.39. The van der Waals surface area contributed by atoms with Gasteiger partial charge in [0, 0.05) is 0 Å². The Morgan fingerprint density at radius 3 is 1.95 bits per heavy atom. The average molecular weight is 283 g/mol. The number of carboxylic acids is 1. The minimum Gasteiger partial charge on any atom is -0.480 e. The summed E-state index contributed by atoms with van der Waals surface area (Å²) < 4.78 is 0. The summed E-state index contributed by atoms with van der Waals surface area (Å²) in [4.78, 5) is 11.3. The van der Waals surface area contributed by atoms with Crippen molar-refractivity contribution >= 4 is 5.97 Å². The second-order valence-electron chi connectivity index (χ2n) is 5.10. The maximum Gasteiger partial charge on any atom is 0.320 e. The topological polar surface area (TPSA) is 49.3 Å². The van der Waals surface area contributed by atoms with Gasteiger partial charge in [0.1, 0.15) is 6.04 Å². The number of benzene rings is 2. The van der Waals surface area contributed by atoms with Crippen molar-refractivity contribution in [1.82, 2.24) is 5.32 Å². The second kappa shape index (κ2) is 8.22. The zero-order chi connectivity index (χ0) is 14.9. The molecule has 0 bridgehead atoms. The molecule has 2 aromatic rings. The molecule has 3 heteroatoms. The van der Waals surface area contributed by atoms with E-state index in [0.29, 0.717) is 13.0 Å². The number of nitrogens with one attached hydrogen (secondary N) is 1. The van der Waals surface area contributed by atoms with Gasteiger partial charge in [0.15, 0.2) is 0 Å². The van der Waals surface area contributed by atoms with Crippen LogP contribution in [0.15, 0.2) is 60.7 Å². The molecule has 0 aromatic heterocycles. The van der Waals surface area contributed by atoms with E-state index in [0.717, 1.165) is 12.8 Å². The molecule has 0 heterocycles. The van der Waals surface area contributed by atoms with Crippen molar-refractivity contribution in [3.63, 3.8) is 0 Å². The first-order valence-electron chi connectivity index (χ1n) is 7.30. The zero-order valence-corrected chi connectivity index (χ0v) is 12.0. The van der Waals surface area contributed by atoms with Crippen LogP contribution in [-0.4, -0.2) is 23.7 Å². The Balaban J connectivity index is 1.78. The smallest absolute Gasteiger partial charge is 0.320 e. The molecule has 110 valence electrons. The van der Waals surface area contributed by atoms with Gasteiger partial charge in [0.05, 0.1) is 0 Å². The van der Waals surface area contributed by atoms with Crippen LogP contribution >= 0.6 is 0 Å². The molecular weight excluding hydrogens is 262 g/mol. The van der Waals surface area contributed by atoms with Crippen molar-refractivity contribution in [1.29, 1.82) is 0 Å². The predicted molar refractivity (Wildman–Crippen MR) is 84.3 cm³/mol. The minimum absolute atomic E-state index is 0.492. The minimum atomic E-state index is -0.779. The Labute approximate surface area is 125 Å². The summed E-state index contributed by atoms with van der Waals surface area (Å²) in [6, 6.07) is 19.6. The number of aryl methyl sites for hydroxylation is 1. The summed E-state index contributed by atoms with van der Waals surface area (Å²) in [5.74, 6) is -0.779. The molecule has 2 rings (SSSR count). The lowest BCUT2D eigenvalue weighted by Crippen LogP contribution is -2.38. The largest absolute Gasteiger partial charge is 0.480 e. The van der Waals surface area contributed by atoms with Gasteiger partial charge in [-0.3, -0.25) is 4.79 Å². The van der Waals surface area contributed by atoms with Crippen molar-refractivity contribution < 1.29 is 9.90 Å². The Kier molecular flexibility index (Phi) is 5.98. The molecule has 0 spiro atoms. The quantitative estimate of drug-likeness (QED) is 0.783. The number of aliphatic carboxylic acids is 1. The van der Waals surface area contributed by atoms with Gasteiger partial charge in [-0.05, 0) is 36.9 Å². The van der Waals surface area contributed by atoms with Crippen molar-refractivity contribution in [2.75, 3.05) is 6.54 Å². The van der Waals surface area contributed by atoms with Crippen molar-refractivity contribution in [2.24, 2.45) is 0 Å². The molecule has 0 unspecified atom stereocenters. The molecule has 0 saturated carbocycles. The van der Waals surface area contributed by atoms with E-state index in [4.69, 9.17) is 0 Å². The van der Waals surface area contributed by atoms with Gasteiger partial charge in [0.25, 0.3) is 0 Å². The van der Waals surface area contributed by atoms with Gasteiger partial charge in [-0.1, -0.05) is 60.7 Å². The highest BCUT2D eigenvalue weighted by atomic mass is 16.4. The highest BCUT2D eigenvalue weighted by molar-refractivity contribution is 5.73. The van der Waals surface area contributed by atoms with Crippen LogP contribution in [0.5, 0.6) is 0 Å². The third-order valence-corrected chi connectivity index (χ3v) is 3.51. The van der Waals surface area contributed by atoms with Crippen molar-refractivity contribution in [3.05, 3.63) is 71.8 Å². The zero-order valence-electron chi connectivity index (χ0n) is 12.0. The fourth-order valence-corrected chi connectivity index (χ4v) is 2.30. The predicted octanol–water partition coefficient (Wildman–Crippen LogP) is 2.90. The standard InChI is InChI=1S/C18H21NO2/c20-18(21)17(12-11-15-7-3-1-4-8-15)19-14-13-16-9-5-2-6-10-16/h1-10,17,19H,11-14H2,(H,20,21)/t17-/m0/s1. The van der Waals surface area contributed by atoms with E-state index < -0.39 is 12.0 Å². The maximum absolute atomic E-state index is 11.3. The highest BCUT2D eigenvalue weighted by Gasteiger charge is 2.16. The monoisotopic (exact) mass is 283 g/mol. The molecule has 0 fully saturated rings. The normalized spacial score (nSPS) is 12.0. The number of carboxylic acid groups (broad SMARTS) is 1. The summed E-state index contributed by atoms with van der Waals surface area (Å²) in [6.07, 6.45) is 2.22. The van der Waals surface area contributed by atoms with Crippen LogP contribution < -0.4 is 5.32 Å². The number of rotatable bonds is 8. The summed E-state index contributed by atoms with van der Waals surface area (Å²) in [5, 5.41) is 12.4. The second-order valence-corrected chi connectivity index (χ2v) is 5.10. The van der Waals surface area contributed by atoms with E-state index >= 15 is 0 Å². The molecule has 0 saturated heterocycles. The Hall–Kier alpha value is -2.13. The SMILES string of the molecule is O=C(O)[C@H](CCc1ccccc1)NCCc1ccccc1. The molecule has 3 nitrogen and oxygen atoms in total. The van der Waals surface area contributed by atoms with Crippen molar-refractivity contribution in [2.45, 2.75) is 25.3 Å². The van der Waals surface area contributed by atoms with Gasteiger partial charge in [-0.25, -0.2) is 0 Å². The van der Waals surface area contributed by atoms with Gasteiger partial charge >= 0.3 is 5.97 Å². The van der Waals surface area contributed by atoms with E-state index in [1.807, 2.05) is 48.5 Å². The fourth-order valence-electron chi connectivity index (χ4n) is 2.30. The van der Waals surface area contributed by atoms with E-state index in [2.05, 4.69) is 17.4 Å². The van der Waals surface area contributed by atoms with Crippen LogP contribution in [0.4, 0.5) is 0 Å². The lowest BCUT2D eigenvalue weighted by atomic mass is 10.0. The van der Waals surface area contributed by atoms with Crippen LogP contribution in [0.3, 0.4) is 0 Å². The van der Waals surface area contributed by atoms with Gasteiger partial charge < -0.3 is 10.4 Å². The Morgan fingerprint density at radius 1 is 0.905 bits per heavy atom. The van der Waals surface area contributed by atoms with E-state index in [9.17, 15) is 9.90 Å². The van der Waals surface area contributed by atoms with Gasteiger partial charge in [-0.2, -0.15) is 0 Å². The van der Waals surface area contributed by atoms with Crippen molar-refractivity contribution in [3.8, 4) is 0 Å². The Morgan fingerprint density at radius 2 is 1.43 bits per heavy atom. The highest BCUT2D eigenvalue weighted by Crippen LogP contribution is 2.06. The van der Waals surface area contributed by atoms with E-state index in [1.54, 1.807) is 0 Å². The lowest BCUT2D eigenvalue weighted by Gasteiger charge is -2.14. The molecule has 1 atom stereocenters. The number of carbonyl (C=O) groups is 1. The molecule has 21 heavy (non-hydrogen) atoms. The molecule has 0 aliphatic carbocycles. The number of hydrogen-bond donors (Lipinski definition) is 2. The fraction of sp³-hybridized carbons (Fsp3) is 0.278. The molecule has 0 radical (unpaired) electrons. The van der Waals surface area contributed by atoms with Gasteiger partial charge in [0.2, 0.25) is 0 Å². The van der Waals surface area contributed by atoms with Crippen LogP contribution in [0, 0.1) is 0 Å². The molecule has 0 aliphatic rings. The van der Waals surface area contributed by atoms with E-state index in [1.165, 1.54) is 11.1 Å². The van der Waals surface area contributed by atoms with E-state index in [-0.39, 0.29) is 0 Å². The molecule has 2 N–H and O–H groups in total. The molecule has 0 aliphatic heterocycles. The Bertz CT molecular complexity index is 540. The summed E-state index contributed by atoms with van der Waals surface area (Å²) in [6.45, 7) is 0.676. The van der Waals surface area contributed by atoms with Crippen LogP contribution in [0.1, 0.15) is 17.5 Å². The van der Waals surface area contributed by atoms with Crippen LogP contribution in [-0.2, 0) is 17.6 Å². The number of hydrogen-bond acceptors (Lipinski definition) is 2. The lowest BCUT2D eigenvalue weighted by molar-refractivity contribution is -0.139. The molecule has 2 aromatic carbocycles. The van der Waals surface area contributed by atoms with Crippen LogP contribution in [0.25, 0.3) is 0 Å². The molecular formula is C18H21NO2. The average Bonchev–Trinajstić information content (AvgIpc) is 2.52. The first-order valence-corrected chi connectivity index (χ1v) is 7.30. The molecule has 0 amide bonds. The first-order chi connectivity index (χ1) is 10.3.